The molecule has 0 spiro atoms. The summed E-state index contributed by atoms with van der Waals surface area (Å²) < 4.78 is 22.2. The van der Waals surface area contributed by atoms with Crippen molar-refractivity contribution in [1.29, 1.82) is 0 Å². The number of aromatic nitrogens is 2. The van der Waals surface area contributed by atoms with Crippen LogP contribution in [0.3, 0.4) is 0 Å². The third-order valence-corrected chi connectivity index (χ3v) is 6.43. The number of benzene rings is 1. The molecule has 158 valence electrons. The summed E-state index contributed by atoms with van der Waals surface area (Å²) in [5, 5.41) is 1.52. The highest BCUT2D eigenvalue weighted by molar-refractivity contribution is 7.91. The van der Waals surface area contributed by atoms with E-state index in [1.165, 1.54) is 0 Å². The van der Waals surface area contributed by atoms with Gasteiger partial charge in [0.05, 0.1) is 21.9 Å². The molecule has 1 unspecified atom stereocenters. The van der Waals surface area contributed by atoms with E-state index >= 15 is 0 Å². The van der Waals surface area contributed by atoms with Crippen LogP contribution in [0.2, 0.25) is 10.2 Å². The summed E-state index contributed by atoms with van der Waals surface area (Å²) in [5.74, 6) is 0.498. The maximum Gasteiger partial charge on any atom is 0.144 e. The fraction of sp³-hybridized carbons (Fsp3) is 0.318. The molecular weight excluding hydrogens is 441 g/mol. The van der Waals surface area contributed by atoms with Crippen molar-refractivity contribution in [3.05, 3.63) is 64.0 Å². The van der Waals surface area contributed by atoms with Crippen LogP contribution < -0.4 is 4.74 Å². The van der Waals surface area contributed by atoms with Crippen LogP contribution in [0.25, 0.3) is 10.9 Å². The Morgan fingerprint density at radius 1 is 1.20 bits per heavy atom. The van der Waals surface area contributed by atoms with Crippen molar-refractivity contribution in [1.82, 2.24) is 9.97 Å². The van der Waals surface area contributed by atoms with Gasteiger partial charge in [-0.1, -0.05) is 33.7 Å². The molecule has 0 aliphatic rings. The predicted octanol–water partition coefficient (Wildman–Crippen LogP) is 6.35. The summed E-state index contributed by atoms with van der Waals surface area (Å²) in [6.07, 6.45) is 1.44. The lowest BCUT2D eigenvalue weighted by Crippen LogP contribution is -2.26. The van der Waals surface area contributed by atoms with Crippen LogP contribution >= 0.6 is 23.2 Å². The van der Waals surface area contributed by atoms with Crippen LogP contribution in [0, 0.1) is 0 Å². The van der Waals surface area contributed by atoms with Crippen molar-refractivity contribution in [3.63, 3.8) is 0 Å². The van der Waals surface area contributed by atoms with Crippen LogP contribution in [0.1, 0.15) is 52.0 Å². The van der Waals surface area contributed by atoms with Gasteiger partial charge in [-0.15, -0.1) is 0 Å². The molecule has 3 aromatic rings. The topological polar surface area (TPSA) is 70.4 Å². The lowest BCUT2D eigenvalue weighted by atomic mass is 10.1. The minimum atomic E-state index is -1.39. The molecule has 2 atom stereocenters. The first-order valence-corrected chi connectivity index (χ1v) is 11.3. The first-order valence-electron chi connectivity index (χ1n) is 9.41. The Labute approximate surface area is 189 Å². The molecule has 0 aliphatic heterocycles. The fourth-order valence-corrected chi connectivity index (χ4v) is 3.79. The van der Waals surface area contributed by atoms with E-state index in [9.17, 15) is 4.55 Å². The molecule has 2 heterocycles. The molecular formula is C22H23Cl2N3O2S. The quantitative estimate of drug-likeness (QED) is 0.251. The third-order valence-electron chi connectivity index (χ3n) is 4.36. The first-order chi connectivity index (χ1) is 14.1. The van der Waals surface area contributed by atoms with E-state index in [-0.39, 0.29) is 11.3 Å². The summed E-state index contributed by atoms with van der Waals surface area (Å²) >= 11 is 11.5. The highest BCUT2D eigenvalue weighted by Crippen LogP contribution is 2.34. The van der Waals surface area contributed by atoms with Crippen molar-refractivity contribution >= 4 is 51.2 Å². The van der Waals surface area contributed by atoms with Crippen LogP contribution in [-0.2, 0) is 11.4 Å². The number of ether oxygens (including phenoxy) is 1. The zero-order valence-corrected chi connectivity index (χ0v) is 19.8. The SMILES string of the molecule is CC(=N[S+]([O-])C(C)(C)C)c1cc2cc(Cl)c(O[C@H](C)c3ccccn3)cc2nc1Cl. The Hall–Kier alpha value is -1.86. The van der Waals surface area contributed by atoms with Gasteiger partial charge in [0, 0.05) is 23.2 Å². The van der Waals surface area contributed by atoms with Gasteiger partial charge in [-0.2, -0.15) is 0 Å². The monoisotopic (exact) mass is 463 g/mol. The van der Waals surface area contributed by atoms with E-state index in [2.05, 4.69) is 14.4 Å². The first kappa shape index (κ1) is 22.8. The van der Waals surface area contributed by atoms with Gasteiger partial charge in [-0.3, -0.25) is 4.98 Å². The van der Waals surface area contributed by atoms with E-state index in [0.717, 1.165) is 11.1 Å². The summed E-state index contributed by atoms with van der Waals surface area (Å²) in [4.78, 5) is 8.79. The Balaban J connectivity index is 1.95. The van der Waals surface area contributed by atoms with Crippen molar-refractivity contribution in [2.45, 2.75) is 45.5 Å². The molecule has 3 rings (SSSR count). The van der Waals surface area contributed by atoms with E-state index < -0.39 is 16.1 Å². The molecule has 2 aromatic heterocycles. The second-order valence-corrected chi connectivity index (χ2v) is 10.5. The smallest absolute Gasteiger partial charge is 0.144 e. The Bertz CT molecular complexity index is 1090. The minimum absolute atomic E-state index is 0.278. The van der Waals surface area contributed by atoms with Crippen molar-refractivity contribution < 1.29 is 9.29 Å². The van der Waals surface area contributed by atoms with Crippen molar-refractivity contribution in [3.8, 4) is 5.75 Å². The zero-order chi connectivity index (χ0) is 22.1. The number of nitrogens with zero attached hydrogens (tertiary/aromatic N) is 3. The highest BCUT2D eigenvalue weighted by Gasteiger charge is 2.27. The molecule has 30 heavy (non-hydrogen) atoms. The Kier molecular flexibility index (Phi) is 6.92. The molecule has 8 heteroatoms. The van der Waals surface area contributed by atoms with Gasteiger partial charge >= 0.3 is 0 Å². The summed E-state index contributed by atoms with van der Waals surface area (Å²) in [5.41, 5.74) is 2.62. The van der Waals surface area contributed by atoms with Gasteiger partial charge in [0.1, 0.15) is 33.1 Å². The van der Waals surface area contributed by atoms with Gasteiger partial charge in [0.25, 0.3) is 0 Å². The third kappa shape index (κ3) is 5.24. The summed E-state index contributed by atoms with van der Waals surface area (Å²) in [6.45, 7) is 9.28. The number of fused-ring (bicyclic) bond motifs is 1. The average Bonchev–Trinajstić information content (AvgIpc) is 2.68. The predicted molar refractivity (Wildman–Crippen MR) is 125 cm³/mol. The molecule has 0 saturated carbocycles. The largest absolute Gasteiger partial charge is 0.591 e. The Morgan fingerprint density at radius 3 is 2.57 bits per heavy atom. The van der Waals surface area contributed by atoms with Gasteiger partial charge in [-0.25, -0.2) is 4.98 Å². The molecule has 5 nitrogen and oxygen atoms in total. The maximum atomic E-state index is 12.4. The van der Waals surface area contributed by atoms with Gasteiger partial charge in [0.15, 0.2) is 0 Å². The lowest BCUT2D eigenvalue weighted by molar-refractivity contribution is 0.222. The van der Waals surface area contributed by atoms with Crippen molar-refractivity contribution in [2.24, 2.45) is 4.40 Å². The number of pyridine rings is 2. The molecule has 0 N–H and O–H groups in total. The number of rotatable bonds is 5. The second-order valence-electron chi connectivity index (χ2n) is 7.85. The number of hydrogen-bond donors (Lipinski definition) is 0. The molecule has 0 bridgehead atoms. The minimum Gasteiger partial charge on any atom is -0.591 e. The van der Waals surface area contributed by atoms with Gasteiger partial charge in [0.2, 0.25) is 0 Å². The molecule has 0 amide bonds. The standard InChI is InChI=1S/C22H23Cl2N3O2S/c1-13(27-30(28)22(3,4)5)16-10-15-11-17(23)20(12-19(15)26-21(16)24)29-14(2)18-8-6-7-9-25-18/h6-12,14H,1-5H3/t14-,30?/m1/s1. The van der Waals surface area contributed by atoms with Crippen LogP contribution in [0.5, 0.6) is 5.75 Å². The molecule has 0 aliphatic carbocycles. The fourth-order valence-electron chi connectivity index (χ4n) is 2.67. The average molecular weight is 464 g/mol. The molecule has 0 saturated heterocycles. The van der Waals surface area contributed by atoms with E-state index in [1.54, 1.807) is 25.3 Å². The van der Waals surface area contributed by atoms with Crippen LogP contribution in [0.15, 0.2) is 47.0 Å². The molecule has 1 aromatic carbocycles. The van der Waals surface area contributed by atoms with Gasteiger partial charge in [-0.05, 0) is 58.9 Å². The van der Waals surface area contributed by atoms with Crippen molar-refractivity contribution in [2.75, 3.05) is 0 Å². The summed E-state index contributed by atoms with van der Waals surface area (Å²) in [7, 11) is 0. The summed E-state index contributed by atoms with van der Waals surface area (Å²) in [6, 6.07) is 11.0. The van der Waals surface area contributed by atoms with Gasteiger partial charge < -0.3 is 9.29 Å². The van der Waals surface area contributed by atoms with Crippen LogP contribution in [0.4, 0.5) is 0 Å². The molecule has 0 radical (unpaired) electrons. The Morgan fingerprint density at radius 2 is 1.93 bits per heavy atom. The number of halogens is 2. The van der Waals surface area contributed by atoms with Crippen LogP contribution in [-0.4, -0.2) is 25.0 Å². The van der Waals surface area contributed by atoms with E-state index in [1.807, 2.05) is 52.0 Å². The lowest BCUT2D eigenvalue weighted by Gasteiger charge is -2.19. The number of hydrogen-bond acceptors (Lipinski definition) is 5. The highest BCUT2D eigenvalue weighted by atomic mass is 35.5. The zero-order valence-electron chi connectivity index (χ0n) is 17.4. The molecule has 0 fully saturated rings. The van der Waals surface area contributed by atoms with E-state index in [4.69, 9.17) is 27.9 Å². The maximum absolute atomic E-state index is 12.4. The second kappa shape index (κ2) is 9.10. The van der Waals surface area contributed by atoms with E-state index in [0.29, 0.717) is 27.6 Å². The normalized spacial score (nSPS) is 14.6.